The van der Waals surface area contributed by atoms with E-state index in [1.807, 2.05) is 6.92 Å². The SMILES string of the molecule is C=CCOc1ccc([C@H]2C(=C(O)c3ccc(OCC)cc3)C(=O)C(=O)N2c2nnc(C)s2)cc1. The van der Waals surface area contributed by atoms with Crippen LogP contribution in [0.2, 0.25) is 0 Å². The summed E-state index contributed by atoms with van der Waals surface area (Å²) in [6, 6.07) is 12.8. The van der Waals surface area contributed by atoms with Gasteiger partial charge < -0.3 is 14.6 Å². The van der Waals surface area contributed by atoms with Gasteiger partial charge in [0.1, 0.15) is 28.9 Å². The van der Waals surface area contributed by atoms with Crippen LogP contribution in [0.5, 0.6) is 11.5 Å². The number of benzene rings is 2. The predicted molar refractivity (Wildman–Crippen MR) is 129 cm³/mol. The molecule has 1 amide bonds. The molecule has 2 aromatic carbocycles. The number of aryl methyl sites for hydroxylation is 1. The number of amides is 1. The number of Topliss-reactive ketones (excluding diaryl/α,β-unsaturated/α-hetero) is 1. The van der Waals surface area contributed by atoms with Gasteiger partial charge in [0.25, 0.3) is 5.78 Å². The first-order chi connectivity index (χ1) is 16.4. The van der Waals surface area contributed by atoms with Crippen molar-refractivity contribution in [2.75, 3.05) is 18.1 Å². The molecule has 0 aliphatic carbocycles. The van der Waals surface area contributed by atoms with Gasteiger partial charge in [-0.05, 0) is 55.8 Å². The maximum Gasteiger partial charge on any atom is 0.301 e. The Labute approximate surface area is 200 Å². The van der Waals surface area contributed by atoms with Crippen LogP contribution in [0.3, 0.4) is 0 Å². The first kappa shape index (κ1) is 23.2. The Bertz CT molecular complexity index is 1250. The number of aromatic nitrogens is 2. The predicted octanol–water partition coefficient (Wildman–Crippen LogP) is 4.44. The first-order valence-electron chi connectivity index (χ1n) is 10.6. The molecule has 3 aromatic rings. The summed E-state index contributed by atoms with van der Waals surface area (Å²) in [6.07, 6.45) is 1.64. The molecule has 1 fully saturated rings. The van der Waals surface area contributed by atoms with Crippen molar-refractivity contribution in [3.8, 4) is 11.5 Å². The van der Waals surface area contributed by atoms with Crippen LogP contribution >= 0.6 is 11.3 Å². The molecule has 34 heavy (non-hydrogen) atoms. The van der Waals surface area contributed by atoms with Gasteiger partial charge in [-0.3, -0.25) is 14.5 Å². The third-order valence-corrected chi connectivity index (χ3v) is 6.01. The number of hydrogen-bond donors (Lipinski definition) is 1. The number of hydrogen-bond acceptors (Lipinski definition) is 8. The fourth-order valence-electron chi connectivity index (χ4n) is 3.66. The van der Waals surface area contributed by atoms with E-state index in [1.165, 1.54) is 16.2 Å². The van der Waals surface area contributed by atoms with Crippen LogP contribution < -0.4 is 14.4 Å². The summed E-state index contributed by atoms with van der Waals surface area (Å²) in [4.78, 5) is 27.6. The van der Waals surface area contributed by atoms with Crippen molar-refractivity contribution in [1.29, 1.82) is 0 Å². The third kappa shape index (κ3) is 4.42. The molecule has 1 aliphatic rings. The van der Waals surface area contributed by atoms with E-state index in [0.29, 0.717) is 40.8 Å². The lowest BCUT2D eigenvalue weighted by Crippen LogP contribution is -2.29. The molecular weight excluding hydrogens is 454 g/mol. The van der Waals surface area contributed by atoms with Crippen LogP contribution in [0.1, 0.15) is 29.1 Å². The van der Waals surface area contributed by atoms with Crippen molar-refractivity contribution < 1.29 is 24.2 Å². The Balaban J connectivity index is 1.82. The zero-order chi connectivity index (χ0) is 24.2. The largest absolute Gasteiger partial charge is 0.507 e. The van der Waals surface area contributed by atoms with E-state index >= 15 is 0 Å². The van der Waals surface area contributed by atoms with E-state index in [9.17, 15) is 14.7 Å². The highest BCUT2D eigenvalue weighted by atomic mass is 32.1. The lowest BCUT2D eigenvalue weighted by atomic mass is 9.95. The molecule has 0 unspecified atom stereocenters. The van der Waals surface area contributed by atoms with Gasteiger partial charge in [-0.2, -0.15) is 0 Å². The molecule has 2 heterocycles. The van der Waals surface area contributed by atoms with Crippen LogP contribution in [0.4, 0.5) is 5.13 Å². The van der Waals surface area contributed by atoms with Gasteiger partial charge in [0.15, 0.2) is 0 Å². The molecule has 1 saturated heterocycles. The van der Waals surface area contributed by atoms with E-state index < -0.39 is 17.7 Å². The van der Waals surface area contributed by atoms with Crippen molar-refractivity contribution in [3.63, 3.8) is 0 Å². The number of aliphatic hydroxyl groups excluding tert-OH is 1. The Morgan fingerprint density at radius 2 is 1.74 bits per heavy atom. The van der Waals surface area contributed by atoms with Gasteiger partial charge in [-0.15, -0.1) is 10.2 Å². The molecule has 1 atom stereocenters. The average Bonchev–Trinajstić information content (AvgIpc) is 3.38. The highest BCUT2D eigenvalue weighted by molar-refractivity contribution is 7.15. The van der Waals surface area contributed by atoms with Crippen molar-refractivity contribution in [1.82, 2.24) is 10.2 Å². The smallest absolute Gasteiger partial charge is 0.301 e. The molecule has 1 aromatic heterocycles. The van der Waals surface area contributed by atoms with Gasteiger partial charge in [-0.25, -0.2) is 0 Å². The maximum absolute atomic E-state index is 13.2. The first-order valence-corrected chi connectivity index (χ1v) is 11.4. The molecule has 0 spiro atoms. The van der Waals surface area contributed by atoms with E-state index in [-0.39, 0.29) is 16.5 Å². The second-order valence-electron chi connectivity index (χ2n) is 7.40. The summed E-state index contributed by atoms with van der Waals surface area (Å²) < 4.78 is 11.0. The second kappa shape index (κ2) is 9.88. The highest BCUT2D eigenvalue weighted by Crippen LogP contribution is 2.43. The standard InChI is InChI=1S/C25H23N3O5S/c1-4-14-33-19-10-6-16(7-11-19)21-20(22(29)17-8-12-18(13-9-17)32-5-2)23(30)24(31)28(21)25-27-26-15(3)34-25/h4,6-13,21,29H,1,5,14H2,2-3H3/t21-/m0/s1. The lowest BCUT2D eigenvalue weighted by Gasteiger charge is -2.22. The Hall–Kier alpha value is -3.98. The molecule has 0 bridgehead atoms. The highest BCUT2D eigenvalue weighted by Gasteiger charge is 2.48. The normalized spacial score (nSPS) is 17.1. The summed E-state index contributed by atoms with van der Waals surface area (Å²) >= 11 is 1.19. The van der Waals surface area contributed by atoms with E-state index in [1.54, 1.807) is 61.5 Å². The van der Waals surface area contributed by atoms with E-state index in [4.69, 9.17) is 9.47 Å². The molecule has 8 nitrogen and oxygen atoms in total. The molecule has 0 saturated carbocycles. The van der Waals surface area contributed by atoms with Gasteiger partial charge >= 0.3 is 5.91 Å². The van der Waals surface area contributed by atoms with Crippen molar-refractivity contribution in [2.24, 2.45) is 0 Å². The Kier molecular flexibility index (Phi) is 6.74. The minimum absolute atomic E-state index is 0.0261. The second-order valence-corrected chi connectivity index (χ2v) is 8.56. The fourth-order valence-corrected chi connectivity index (χ4v) is 4.38. The summed E-state index contributed by atoms with van der Waals surface area (Å²) in [6.45, 7) is 8.12. The Morgan fingerprint density at radius 3 is 2.32 bits per heavy atom. The summed E-state index contributed by atoms with van der Waals surface area (Å²) in [5.74, 6) is -0.603. The summed E-state index contributed by atoms with van der Waals surface area (Å²) in [7, 11) is 0. The molecule has 0 radical (unpaired) electrons. The maximum atomic E-state index is 13.2. The molecular formula is C25H23N3O5S. The minimum atomic E-state index is -0.882. The molecule has 174 valence electrons. The average molecular weight is 478 g/mol. The third-order valence-electron chi connectivity index (χ3n) is 5.17. The van der Waals surface area contributed by atoms with Crippen LogP contribution in [0.25, 0.3) is 5.76 Å². The summed E-state index contributed by atoms with van der Waals surface area (Å²) in [5, 5.41) is 20.2. The van der Waals surface area contributed by atoms with Crippen molar-refractivity contribution >= 4 is 33.9 Å². The lowest BCUT2D eigenvalue weighted by molar-refractivity contribution is -0.132. The van der Waals surface area contributed by atoms with Gasteiger partial charge in [-0.1, -0.05) is 36.1 Å². The number of carbonyl (C=O) groups is 2. The zero-order valence-electron chi connectivity index (χ0n) is 18.7. The zero-order valence-corrected chi connectivity index (χ0v) is 19.5. The Morgan fingerprint density at radius 1 is 1.09 bits per heavy atom. The minimum Gasteiger partial charge on any atom is -0.507 e. The van der Waals surface area contributed by atoms with Crippen LogP contribution in [-0.4, -0.2) is 40.2 Å². The van der Waals surface area contributed by atoms with Crippen molar-refractivity contribution in [3.05, 3.63) is 82.9 Å². The number of ether oxygens (including phenoxy) is 2. The summed E-state index contributed by atoms with van der Waals surface area (Å²) in [5.41, 5.74) is 0.984. The van der Waals surface area contributed by atoms with Crippen LogP contribution in [-0.2, 0) is 9.59 Å². The van der Waals surface area contributed by atoms with E-state index in [0.717, 1.165) is 0 Å². The quantitative estimate of drug-likeness (QED) is 0.222. The van der Waals surface area contributed by atoms with E-state index in [2.05, 4.69) is 16.8 Å². The molecule has 1 aliphatic heterocycles. The molecule has 4 rings (SSSR count). The van der Waals surface area contributed by atoms with Gasteiger partial charge in [0.2, 0.25) is 5.13 Å². The number of carbonyl (C=O) groups excluding carboxylic acids is 2. The topological polar surface area (TPSA) is 102 Å². The number of anilines is 1. The fraction of sp³-hybridized carbons (Fsp3) is 0.200. The van der Waals surface area contributed by atoms with Gasteiger partial charge in [0.05, 0.1) is 18.2 Å². The number of rotatable bonds is 8. The van der Waals surface area contributed by atoms with Crippen molar-refractivity contribution in [2.45, 2.75) is 19.9 Å². The number of nitrogens with zero attached hydrogens (tertiary/aromatic N) is 3. The number of ketones is 1. The van der Waals surface area contributed by atoms with Crippen LogP contribution in [0, 0.1) is 6.92 Å². The van der Waals surface area contributed by atoms with Crippen LogP contribution in [0.15, 0.2) is 66.8 Å². The monoisotopic (exact) mass is 477 g/mol. The number of aliphatic hydroxyl groups is 1. The van der Waals surface area contributed by atoms with Gasteiger partial charge in [0, 0.05) is 5.56 Å². The molecule has 9 heteroatoms. The molecule has 1 N–H and O–H groups in total.